The van der Waals surface area contributed by atoms with E-state index in [2.05, 4.69) is 22.8 Å². The third kappa shape index (κ3) is 3.94. The molecule has 0 unspecified atom stereocenters. The van der Waals surface area contributed by atoms with Gasteiger partial charge in [-0.15, -0.1) is 0 Å². The fourth-order valence-corrected chi connectivity index (χ4v) is 6.24. The fourth-order valence-electron chi connectivity index (χ4n) is 4.37. The number of sulfone groups is 1. The van der Waals surface area contributed by atoms with Crippen molar-refractivity contribution >= 4 is 15.7 Å². The molecule has 2 saturated heterocycles. The summed E-state index contributed by atoms with van der Waals surface area (Å²) in [6, 6.07) is 7.83. The van der Waals surface area contributed by atoms with Crippen molar-refractivity contribution in [3.05, 3.63) is 35.4 Å². The van der Waals surface area contributed by atoms with Crippen molar-refractivity contribution in [2.75, 3.05) is 24.7 Å². The Hall–Kier alpha value is -1.44. The van der Waals surface area contributed by atoms with Crippen molar-refractivity contribution in [3.8, 4) is 0 Å². The molecule has 0 aromatic heterocycles. The predicted octanol–water partition coefficient (Wildman–Crippen LogP) is 0.452. The van der Waals surface area contributed by atoms with E-state index in [4.69, 9.17) is 4.74 Å². The zero-order chi connectivity index (χ0) is 18.1. The highest BCUT2D eigenvalue weighted by Crippen LogP contribution is 2.27. The van der Waals surface area contributed by atoms with E-state index in [-0.39, 0.29) is 41.5 Å². The molecule has 1 aliphatic carbocycles. The maximum atomic E-state index is 12.8. The van der Waals surface area contributed by atoms with Crippen molar-refractivity contribution in [3.63, 3.8) is 0 Å². The Balaban J connectivity index is 1.39. The predicted molar refractivity (Wildman–Crippen MR) is 98.7 cm³/mol. The molecule has 1 aromatic rings. The van der Waals surface area contributed by atoms with Gasteiger partial charge < -0.3 is 15.4 Å². The van der Waals surface area contributed by atoms with Crippen LogP contribution < -0.4 is 10.6 Å². The molecule has 0 saturated carbocycles. The van der Waals surface area contributed by atoms with Crippen molar-refractivity contribution in [1.82, 2.24) is 10.6 Å². The van der Waals surface area contributed by atoms with Crippen LogP contribution in [0.5, 0.6) is 0 Å². The Morgan fingerprint density at radius 1 is 1.00 bits per heavy atom. The zero-order valence-electron chi connectivity index (χ0n) is 14.8. The Morgan fingerprint density at radius 2 is 1.62 bits per heavy atom. The Kier molecular flexibility index (Phi) is 5.03. The minimum Gasteiger partial charge on any atom is -0.381 e. The molecule has 0 bridgehead atoms. The summed E-state index contributed by atoms with van der Waals surface area (Å²) in [6.07, 6.45) is 3.24. The summed E-state index contributed by atoms with van der Waals surface area (Å²) in [4.78, 5) is 12.8. The number of hydrogen-bond donors (Lipinski definition) is 2. The van der Waals surface area contributed by atoms with Crippen LogP contribution in [0.15, 0.2) is 24.3 Å². The second kappa shape index (κ2) is 7.29. The maximum Gasteiger partial charge on any atom is 0.224 e. The molecule has 142 valence electrons. The van der Waals surface area contributed by atoms with Gasteiger partial charge in [0.05, 0.1) is 17.5 Å². The molecule has 4 rings (SSSR count). The van der Waals surface area contributed by atoms with Gasteiger partial charge in [-0.25, -0.2) is 8.42 Å². The largest absolute Gasteiger partial charge is 0.381 e. The smallest absolute Gasteiger partial charge is 0.224 e. The minimum atomic E-state index is -3.13. The van der Waals surface area contributed by atoms with Gasteiger partial charge in [-0.2, -0.15) is 0 Å². The molecule has 1 aromatic carbocycles. The van der Waals surface area contributed by atoms with Crippen LogP contribution in [-0.2, 0) is 32.2 Å². The van der Waals surface area contributed by atoms with Gasteiger partial charge in [0, 0.05) is 31.2 Å². The minimum absolute atomic E-state index is 0.0259. The quantitative estimate of drug-likeness (QED) is 0.795. The second-order valence-corrected chi connectivity index (χ2v) is 9.88. The summed E-state index contributed by atoms with van der Waals surface area (Å²) >= 11 is 0. The van der Waals surface area contributed by atoms with Gasteiger partial charge in [-0.1, -0.05) is 24.3 Å². The summed E-state index contributed by atoms with van der Waals surface area (Å²) in [5.74, 6) is 0.000895. The van der Waals surface area contributed by atoms with Gasteiger partial charge in [0.1, 0.15) is 0 Å². The Labute approximate surface area is 154 Å². The van der Waals surface area contributed by atoms with Crippen molar-refractivity contribution < 1.29 is 17.9 Å². The number of carbonyl (C=O) groups excluding carboxylic acids is 1. The monoisotopic (exact) mass is 378 g/mol. The number of nitrogens with one attached hydrogen (secondary N) is 2. The number of fused-ring (bicyclic) bond motifs is 1. The summed E-state index contributed by atoms with van der Waals surface area (Å²) in [5, 5.41) is 6.50. The number of rotatable bonds is 4. The topological polar surface area (TPSA) is 84.5 Å². The highest BCUT2D eigenvalue weighted by Gasteiger charge is 2.40. The first-order valence-electron chi connectivity index (χ1n) is 9.41. The first-order valence-corrected chi connectivity index (χ1v) is 11.2. The molecule has 2 atom stereocenters. The van der Waals surface area contributed by atoms with Gasteiger partial charge in [0.2, 0.25) is 5.91 Å². The molecule has 2 heterocycles. The lowest BCUT2D eigenvalue weighted by Gasteiger charge is -2.29. The van der Waals surface area contributed by atoms with Crippen molar-refractivity contribution in [2.24, 2.45) is 5.92 Å². The van der Waals surface area contributed by atoms with Gasteiger partial charge >= 0.3 is 0 Å². The molecular weight excluding hydrogens is 352 g/mol. The Bertz CT molecular complexity index is 748. The van der Waals surface area contributed by atoms with Crippen LogP contribution in [0, 0.1) is 5.92 Å². The fraction of sp³-hybridized carbons (Fsp3) is 0.632. The lowest BCUT2D eigenvalue weighted by molar-refractivity contribution is -0.125. The highest BCUT2D eigenvalue weighted by molar-refractivity contribution is 7.91. The molecular formula is C19H26N2O4S. The van der Waals surface area contributed by atoms with Crippen LogP contribution in [0.1, 0.15) is 24.0 Å². The van der Waals surface area contributed by atoms with E-state index < -0.39 is 9.84 Å². The van der Waals surface area contributed by atoms with Crippen LogP contribution in [-0.4, -0.2) is 57.2 Å². The van der Waals surface area contributed by atoms with E-state index in [1.165, 1.54) is 11.1 Å². The van der Waals surface area contributed by atoms with Gasteiger partial charge in [0.15, 0.2) is 9.84 Å². The Morgan fingerprint density at radius 3 is 2.27 bits per heavy atom. The van der Waals surface area contributed by atoms with Crippen LogP contribution in [0.2, 0.25) is 0 Å². The number of carbonyl (C=O) groups is 1. The molecule has 2 N–H and O–H groups in total. The normalized spacial score (nSPS) is 28.8. The standard InChI is InChI=1S/C19H26N2O4S/c22-19(15-9-13-3-1-2-4-14(13)10-15)21-18-12-26(23,24)11-17(18)20-16-5-7-25-8-6-16/h1-4,15-18,20H,5-12H2,(H,21,22)/t17-,18-/m1/s1. The number of hydrogen-bond acceptors (Lipinski definition) is 5. The number of amides is 1. The summed E-state index contributed by atoms with van der Waals surface area (Å²) < 4.78 is 29.7. The van der Waals surface area contributed by atoms with Gasteiger partial charge in [-0.3, -0.25) is 4.79 Å². The first-order chi connectivity index (χ1) is 12.5. The van der Waals surface area contributed by atoms with Crippen LogP contribution in [0.4, 0.5) is 0 Å². The lowest BCUT2D eigenvalue weighted by Crippen LogP contribution is -2.54. The summed E-state index contributed by atoms with van der Waals surface area (Å²) in [7, 11) is -3.13. The van der Waals surface area contributed by atoms with Gasteiger partial charge in [0.25, 0.3) is 0 Å². The summed E-state index contributed by atoms with van der Waals surface area (Å²) in [6.45, 7) is 1.41. The SMILES string of the molecule is O=C(N[C@@H]1CS(=O)(=O)C[C@H]1NC1CCOCC1)C1Cc2ccccc2C1. The zero-order valence-corrected chi connectivity index (χ0v) is 15.6. The highest BCUT2D eigenvalue weighted by atomic mass is 32.2. The lowest BCUT2D eigenvalue weighted by atomic mass is 10.0. The third-order valence-electron chi connectivity index (χ3n) is 5.77. The van der Waals surface area contributed by atoms with E-state index >= 15 is 0 Å². The van der Waals surface area contributed by atoms with E-state index in [0.29, 0.717) is 13.2 Å². The molecule has 6 nitrogen and oxygen atoms in total. The molecule has 0 spiro atoms. The first kappa shape index (κ1) is 17.9. The van der Waals surface area contributed by atoms with E-state index in [9.17, 15) is 13.2 Å². The summed E-state index contributed by atoms with van der Waals surface area (Å²) in [5.41, 5.74) is 2.45. The van der Waals surface area contributed by atoms with E-state index in [1.54, 1.807) is 0 Å². The number of ether oxygens (including phenoxy) is 1. The number of benzene rings is 1. The van der Waals surface area contributed by atoms with Crippen LogP contribution in [0.25, 0.3) is 0 Å². The molecule has 26 heavy (non-hydrogen) atoms. The van der Waals surface area contributed by atoms with E-state index in [0.717, 1.165) is 25.7 Å². The third-order valence-corrected chi connectivity index (χ3v) is 7.51. The molecule has 2 fully saturated rings. The van der Waals surface area contributed by atoms with Crippen LogP contribution >= 0.6 is 0 Å². The molecule has 3 aliphatic rings. The van der Waals surface area contributed by atoms with E-state index in [1.807, 2.05) is 12.1 Å². The van der Waals surface area contributed by atoms with Crippen LogP contribution in [0.3, 0.4) is 0 Å². The second-order valence-electron chi connectivity index (χ2n) is 7.73. The average Bonchev–Trinajstić information content (AvgIpc) is 3.16. The van der Waals surface area contributed by atoms with Crippen molar-refractivity contribution in [1.29, 1.82) is 0 Å². The molecule has 1 amide bonds. The average molecular weight is 378 g/mol. The molecule has 7 heteroatoms. The maximum absolute atomic E-state index is 12.8. The molecule has 0 radical (unpaired) electrons. The van der Waals surface area contributed by atoms with Gasteiger partial charge in [-0.05, 0) is 36.8 Å². The molecule has 2 aliphatic heterocycles. The van der Waals surface area contributed by atoms with Crippen molar-refractivity contribution in [2.45, 2.75) is 43.8 Å².